The molecule has 0 saturated heterocycles. The van der Waals surface area contributed by atoms with E-state index in [1.807, 2.05) is 0 Å². The Balaban J connectivity index is 2.87. The third kappa shape index (κ3) is 2.60. The average molecular weight is 194 g/mol. The van der Waals surface area contributed by atoms with Crippen molar-refractivity contribution in [2.24, 2.45) is 0 Å². The second kappa shape index (κ2) is 5.18. The molecule has 0 aromatic carbocycles. The topological polar surface area (TPSA) is 28.7 Å². The SMILES string of the molecule is CCCc1nc(C(C)C)[nH]c1CCC. The molecule has 0 bridgehead atoms. The first-order valence-electron chi connectivity index (χ1n) is 5.76. The van der Waals surface area contributed by atoms with Crippen LogP contribution in [0.25, 0.3) is 0 Å². The molecule has 1 aromatic rings. The Labute approximate surface area is 87.1 Å². The molecule has 0 aliphatic carbocycles. The maximum atomic E-state index is 4.66. The first kappa shape index (κ1) is 11.3. The normalized spacial score (nSPS) is 11.2. The highest BCUT2D eigenvalue weighted by atomic mass is 14.9. The van der Waals surface area contributed by atoms with Crippen molar-refractivity contribution in [1.29, 1.82) is 0 Å². The van der Waals surface area contributed by atoms with Crippen LogP contribution in [0.5, 0.6) is 0 Å². The largest absolute Gasteiger partial charge is 0.345 e. The van der Waals surface area contributed by atoms with Gasteiger partial charge in [-0.2, -0.15) is 0 Å². The standard InChI is InChI=1S/C12H22N2/c1-5-7-10-11(8-6-2)14-12(13-10)9(3)4/h9H,5-8H2,1-4H3,(H,13,14). The van der Waals surface area contributed by atoms with Gasteiger partial charge < -0.3 is 4.98 Å². The molecule has 14 heavy (non-hydrogen) atoms. The van der Waals surface area contributed by atoms with Gasteiger partial charge in [-0.25, -0.2) is 4.98 Å². The first-order chi connectivity index (χ1) is 6.69. The lowest BCUT2D eigenvalue weighted by Crippen LogP contribution is -1.91. The van der Waals surface area contributed by atoms with Crippen LogP contribution in [0.4, 0.5) is 0 Å². The van der Waals surface area contributed by atoms with Crippen LogP contribution in [0.15, 0.2) is 0 Å². The van der Waals surface area contributed by atoms with Crippen molar-refractivity contribution in [2.45, 2.75) is 59.3 Å². The van der Waals surface area contributed by atoms with Crippen molar-refractivity contribution in [1.82, 2.24) is 9.97 Å². The Hall–Kier alpha value is -0.790. The van der Waals surface area contributed by atoms with Gasteiger partial charge in [-0.1, -0.05) is 40.5 Å². The van der Waals surface area contributed by atoms with Crippen molar-refractivity contribution in [3.63, 3.8) is 0 Å². The minimum absolute atomic E-state index is 0.510. The molecule has 0 spiro atoms. The second-order valence-corrected chi connectivity index (χ2v) is 4.20. The molecule has 1 N–H and O–H groups in total. The molecule has 0 atom stereocenters. The van der Waals surface area contributed by atoms with E-state index in [2.05, 4.69) is 37.7 Å². The molecule has 2 nitrogen and oxygen atoms in total. The van der Waals surface area contributed by atoms with Crippen LogP contribution >= 0.6 is 0 Å². The molecule has 80 valence electrons. The Morgan fingerprint density at radius 2 is 1.79 bits per heavy atom. The smallest absolute Gasteiger partial charge is 0.109 e. The molecule has 0 aliphatic rings. The highest BCUT2D eigenvalue weighted by Crippen LogP contribution is 2.16. The zero-order valence-electron chi connectivity index (χ0n) is 9.85. The van der Waals surface area contributed by atoms with Crippen LogP contribution in [0.3, 0.4) is 0 Å². The Kier molecular flexibility index (Phi) is 4.18. The predicted octanol–water partition coefficient (Wildman–Crippen LogP) is 3.44. The molecule has 0 aliphatic heterocycles. The summed E-state index contributed by atoms with van der Waals surface area (Å²) in [6.07, 6.45) is 4.61. The van der Waals surface area contributed by atoms with Gasteiger partial charge in [-0.05, 0) is 12.8 Å². The predicted molar refractivity (Wildman–Crippen MR) is 60.7 cm³/mol. The summed E-state index contributed by atoms with van der Waals surface area (Å²) in [5.41, 5.74) is 2.65. The summed E-state index contributed by atoms with van der Waals surface area (Å²) in [4.78, 5) is 8.12. The summed E-state index contributed by atoms with van der Waals surface area (Å²) in [6.45, 7) is 8.79. The van der Waals surface area contributed by atoms with E-state index in [9.17, 15) is 0 Å². The molecule has 0 amide bonds. The zero-order valence-corrected chi connectivity index (χ0v) is 9.85. The van der Waals surface area contributed by atoms with Gasteiger partial charge in [0.2, 0.25) is 0 Å². The van der Waals surface area contributed by atoms with Crippen LogP contribution in [-0.2, 0) is 12.8 Å². The molecule has 0 unspecified atom stereocenters. The summed E-state index contributed by atoms with van der Waals surface area (Å²) in [5, 5.41) is 0. The Morgan fingerprint density at radius 1 is 1.14 bits per heavy atom. The number of H-pyrrole nitrogens is 1. The number of aryl methyl sites for hydroxylation is 2. The Bertz CT molecular complexity index is 250. The van der Waals surface area contributed by atoms with Crippen LogP contribution in [-0.4, -0.2) is 9.97 Å². The number of rotatable bonds is 5. The minimum atomic E-state index is 0.510. The fraction of sp³-hybridized carbons (Fsp3) is 0.750. The number of imidazole rings is 1. The quantitative estimate of drug-likeness (QED) is 0.764. The van der Waals surface area contributed by atoms with Crippen LogP contribution in [0.1, 0.15) is 63.7 Å². The van der Waals surface area contributed by atoms with Gasteiger partial charge >= 0.3 is 0 Å². The molecule has 2 heteroatoms. The molecule has 0 saturated carbocycles. The van der Waals surface area contributed by atoms with Gasteiger partial charge in [-0.3, -0.25) is 0 Å². The minimum Gasteiger partial charge on any atom is -0.345 e. The van der Waals surface area contributed by atoms with Crippen molar-refractivity contribution >= 4 is 0 Å². The van der Waals surface area contributed by atoms with Gasteiger partial charge in [-0.15, -0.1) is 0 Å². The molecule has 1 rings (SSSR count). The van der Waals surface area contributed by atoms with E-state index < -0.39 is 0 Å². The Morgan fingerprint density at radius 3 is 2.29 bits per heavy atom. The summed E-state index contributed by atoms with van der Waals surface area (Å²) in [5.74, 6) is 1.66. The number of nitrogens with one attached hydrogen (secondary N) is 1. The molecular formula is C12H22N2. The van der Waals surface area contributed by atoms with E-state index in [1.54, 1.807) is 0 Å². The molecule has 0 radical (unpaired) electrons. The highest BCUT2D eigenvalue weighted by Gasteiger charge is 2.10. The summed E-state index contributed by atoms with van der Waals surface area (Å²) in [7, 11) is 0. The lowest BCUT2D eigenvalue weighted by Gasteiger charge is -1.98. The molecule has 0 fully saturated rings. The third-order valence-corrected chi connectivity index (χ3v) is 2.42. The van der Waals surface area contributed by atoms with Crippen molar-refractivity contribution in [3.05, 3.63) is 17.2 Å². The van der Waals surface area contributed by atoms with Crippen molar-refractivity contribution in [3.8, 4) is 0 Å². The fourth-order valence-corrected chi connectivity index (χ4v) is 1.64. The number of hydrogen-bond acceptors (Lipinski definition) is 1. The maximum Gasteiger partial charge on any atom is 0.109 e. The number of aromatic nitrogens is 2. The molecule has 1 aromatic heterocycles. The van der Waals surface area contributed by atoms with Crippen LogP contribution in [0.2, 0.25) is 0 Å². The van der Waals surface area contributed by atoms with Gasteiger partial charge in [0.25, 0.3) is 0 Å². The summed E-state index contributed by atoms with van der Waals surface area (Å²) < 4.78 is 0. The summed E-state index contributed by atoms with van der Waals surface area (Å²) >= 11 is 0. The van der Waals surface area contributed by atoms with E-state index in [4.69, 9.17) is 0 Å². The van der Waals surface area contributed by atoms with E-state index >= 15 is 0 Å². The van der Waals surface area contributed by atoms with Crippen LogP contribution in [0, 0.1) is 0 Å². The highest BCUT2D eigenvalue weighted by molar-refractivity contribution is 5.16. The summed E-state index contributed by atoms with van der Waals surface area (Å²) in [6, 6.07) is 0. The maximum absolute atomic E-state index is 4.66. The van der Waals surface area contributed by atoms with Crippen LogP contribution < -0.4 is 0 Å². The lowest BCUT2D eigenvalue weighted by atomic mass is 10.1. The fourth-order valence-electron chi connectivity index (χ4n) is 1.64. The lowest BCUT2D eigenvalue weighted by molar-refractivity contribution is 0.781. The van der Waals surface area contributed by atoms with Gasteiger partial charge in [0.1, 0.15) is 5.82 Å². The molecular weight excluding hydrogens is 172 g/mol. The number of aromatic amines is 1. The van der Waals surface area contributed by atoms with E-state index in [0.717, 1.165) is 18.7 Å². The van der Waals surface area contributed by atoms with E-state index in [-0.39, 0.29) is 0 Å². The van der Waals surface area contributed by atoms with Gasteiger partial charge in [0, 0.05) is 11.6 Å². The zero-order chi connectivity index (χ0) is 10.6. The van der Waals surface area contributed by atoms with Gasteiger partial charge in [0.15, 0.2) is 0 Å². The third-order valence-electron chi connectivity index (χ3n) is 2.42. The molecule has 1 heterocycles. The van der Waals surface area contributed by atoms with Crippen molar-refractivity contribution in [2.75, 3.05) is 0 Å². The monoisotopic (exact) mass is 194 g/mol. The second-order valence-electron chi connectivity index (χ2n) is 4.20. The van der Waals surface area contributed by atoms with Gasteiger partial charge in [0.05, 0.1) is 5.69 Å². The number of hydrogen-bond donors (Lipinski definition) is 1. The number of nitrogens with zero attached hydrogens (tertiary/aromatic N) is 1. The van der Waals surface area contributed by atoms with E-state index in [0.29, 0.717) is 5.92 Å². The van der Waals surface area contributed by atoms with E-state index in [1.165, 1.54) is 24.2 Å². The first-order valence-corrected chi connectivity index (χ1v) is 5.76. The van der Waals surface area contributed by atoms with Crippen molar-refractivity contribution < 1.29 is 0 Å². The average Bonchev–Trinajstić information content (AvgIpc) is 2.50.